The molecule has 0 aromatic heterocycles. The third-order valence-corrected chi connectivity index (χ3v) is 5.33. The number of halogens is 2. The van der Waals surface area contributed by atoms with Crippen LogP contribution in [0.15, 0.2) is 24.3 Å². The van der Waals surface area contributed by atoms with Crippen molar-refractivity contribution in [3.8, 4) is 0 Å². The molecule has 0 aromatic rings. The van der Waals surface area contributed by atoms with Gasteiger partial charge in [0.25, 0.3) is 0 Å². The van der Waals surface area contributed by atoms with E-state index in [4.69, 9.17) is 0 Å². The predicted molar refractivity (Wildman–Crippen MR) is 104 cm³/mol. The van der Waals surface area contributed by atoms with E-state index in [1.54, 1.807) is 0 Å². The number of aldehydes is 1. The summed E-state index contributed by atoms with van der Waals surface area (Å²) in [5, 5.41) is 3.48. The second-order valence-electron chi connectivity index (χ2n) is 7.01. The van der Waals surface area contributed by atoms with Gasteiger partial charge in [0.05, 0.1) is 11.5 Å². The predicted octanol–water partition coefficient (Wildman–Crippen LogP) is 2.29. The number of nitrogens with one attached hydrogen (secondary N) is 1. The van der Waals surface area contributed by atoms with Crippen molar-refractivity contribution in [3.05, 3.63) is 24.3 Å². The van der Waals surface area contributed by atoms with Crippen LogP contribution in [0.25, 0.3) is 0 Å². The van der Waals surface area contributed by atoms with Gasteiger partial charge in [-0.1, -0.05) is 30.7 Å². The quantitative estimate of drug-likeness (QED) is 0.603. The molecule has 1 unspecified atom stereocenters. The van der Waals surface area contributed by atoms with Gasteiger partial charge in [-0.05, 0) is 32.9 Å². The van der Waals surface area contributed by atoms with E-state index in [9.17, 15) is 4.79 Å². The summed E-state index contributed by atoms with van der Waals surface area (Å²) in [7, 11) is 0. The van der Waals surface area contributed by atoms with Crippen molar-refractivity contribution in [1.82, 2.24) is 15.1 Å². The molecule has 138 valence electrons. The SMILES string of the molecule is CC1CNCCN1C1(CN2CCCCC2)C=CC(C=O)C=C1.Cl.Cl. The largest absolute Gasteiger partial charge is 0.314 e. The van der Waals surface area contributed by atoms with E-state index in [2.05, 4.69) is 46.3 Å². The third-order valence-electron chi connectivity index (χ3n) is 5.33. The molecule has 2 heterocycles. The summed E-state index contributed by atoms with van der Waals surface area (Å²) in [4.78, 5) is 16.3. The molecule has 1 atom stereocenters. The van der Waals surface area contributed by atoms with E-state index in [0.717, 1.165) is 32.5 Å². The van der Waals surface area contributed by atoms with Crippen molar-refractivity contribution in [2.75, 3.05) is 39.3 Å². The molecule has 4 nitrogen and oxygen atoms in total. The Balaban J connectivity index is 0.00000144. The number of hydrogen-bond donors (Lipinski definition) is 1. The van der Waals surface area contributed by atoms with Crippen molar-refractivity contribution in [3.63, 3.8) is 0 Å². The molecular weight excluding hydrogens is 345 g/mol. The molecule has 0 amide bonds. The molecule has 0 radical (unpaired) electrons. The minimum Gasteiger partial charge on any atom is -0.314 e. The van der Waals surface area contributed by atoms with Crippen LogP contribution in [0.2, 0.25) is 0 Å². The van der Waals surface area contributed by atoms with Crippen molar-refractivity contribution in [2.45, 2.75) is 37.8 Å². The zero-order valence-electron chi connectivity index (χ0n) is 14.5. The van der Waals surface area contributed by atoms with E-state index in [1.807, 2.05) is 0 Å². The van der Waals surface area contributed by atoms with E-state index in [-0.39, 0.29) is 36.3 Å². The van der Waals surface area contributed by atoms with E-state index in [1.165, 1.54) is 32.4 Å². The summed E-state index contributed by atoms with van der Waals surface area (Å²) in [6.45, 7) is 8.93. The van der Waals surface area contributed by atoms with Crippen LogP contribution in [0, 0.1) is 5.92 Å². The second-order valence-corrected chi connectivity index (χ2v) is 7.01. The fraction of sp³-hybridized carbons (Fsp3) is 0.722. The lowest BCUT2D eigenvalue weighted by molar-refractivity contribution is -0.109. The Morgan fingerprint density at radius 3 is 2.38 bits per heavy atom. The van der Waals surface area contributed by atoms with Crippen LogP contribution in [-0.4, -0.2) is 66.9 Å². The van der Waals surface area contributed by atoms with Gasteiger partial charge >= 0.3 is 0 Å². The highest BCUT2D eigenvalue weighted by Crippen LogP contribution is 2.30. The highest BCUT2D eigenvalue weighted by Gasteiger charge is 2.39. The highest BCUT2D eigenvalue weighted by molar-refractivity contribution is 5.85. The molecule has 3 rings (SSSR count). The van der Waals surface area contributed by atoms with Crippen molar-refractivity contribution in [2.24, 2.45) is 5.92 Å². The van der Waals surface area contributed by atoms with Crippen molar-refractivity contribution >= 4 is 31.1 Å². The first kappa shape index (κ1) is 21.7. The molecule has 0 bridgehead atoms. The first-order valence-electron chi connectivity index (χ1n) is 8.77. The van der Waals surface area contributed by atoms with Gasteiger partial charge in [0, 0.05) is 32.2 Å². The van der Waals surface area contributed by atoms with Crippen molar-refractivity contribution < 1.29 is 4.79 Å². The molecule has 2 fully saturated rings. The van der Waals surface area contributed by atoms with Crippen LogP contribution < -0.4 is 5.32 Å². The molecule has 2 saturated heterocycles. The molecule has 6 heteroatoms. The van der Waals surface area contributed by atoms with Crippen LogP contribution in [0.5, 0.6) is 0 Å². The van der Waals surface area contributed by atoms with E-state index < -0.39 is 0 Å². The normalized spacial score (nSPS) is 34.2. The molecule has 2 aliphatic heterocycles. The standard InChI is InChI=1S/C18H29N3O.2ClH/c1-16-13-19-9-12-21(16)18(7-5-17(14-22)6-8-18)15-20-10-3-2-4-11-20;;/h5-8,14,16-17,19H,2-4,9-13,15H2,1H3;2*1H. The van der Waals surface area contributed by atoms with Gasteiger partial charge in [-0.2, -0.15) is 0 Å². The minimum atomic E-state index is -0.0484. The summed E-state index contributed by atoms with van der Waals surface area (Å²) in [5.41, 5.74) is -0.0433. The van der Waals surface area contributed by atoms with Gasteiger partial charge in [0.2, 0.25) is 0 Å². The van der Waals surface area contributed by atoms with E-state index in [0.29, 0.717) is 6.04 Å². The van der Waals surface area contributed by atoms with Gasteiger partial charge in [-0.3, -0.25) is 4.90 Å². The Morgan fingerprint density at radius 2 is 1.79 bits per heavy atom. The number of rotatable bonds is 4. The summed E-state index contributed by atoms with van der Waals surface area (Å²) in [6, 6.07) is 0.514. The Bertz CT molecular complexity index is 436. The fourth-order valence-corrected chi connectivity index (χ4v) is 4.09. The number of carbonyl (C=O) groups excluding carboxylic acids is 1. The van der Waals surface area contributed by atoms with Gasteiger partial charge < -0.3 is 15.0 Å². The third kappa shape index (κ3) is 4.83. The molecule has 24 heavy (non-hydrogen) atoms. The maximum absolute atomic E-state index is 11.1. The first-order valence-corrected chi connectivity index (χ1v) is 8.77. The van der Waals surface area contributed by atoms with Crippen LogP contribution >= 0.6 is 24.8 Å². The van der Waals surface area contributed by atoms with Gasteiger partial charge in [-0.15, -0.1) is 24.8 Å². The molecule has 3 aliphatic rings. The molecular formula is C18H31Cl2N3O. The number of allylic oxidation sites excluding steroid dienone is 2. The smallest absolute Gasteiger partial charge is 0.130 e. The lowest BCUT2D eigenvalue weighted by atomic mass is 9.85. The van der Waals surface area contributed by atoms with Crippen LogP contribution in [0.4, 0.5) is 0 Å². The maximum atomic E-state index is 11.1. The number of piperazine rings is 1. The van der Waals surface area contributed by atoms with Gasteiger partial charge in [0.15, 0.2) is 0 Å². The van der Waals surface area contributed by atoms with Crippen molar-refractivity contribution in [1.29, 1.82) is 0 Å². The highest BCUT2D eigenvalue weighted by atomic mass is 35.5. The Hall–Kier alpha value is -0.390. The van der Waals surface area contributed by atoms with Gasteiger partial charge in [-0.25, -0.2) is 0 Å². The Morgan fingerprint density at radius 1 is 1.12 bits per heavy atom. The fourth-order valence-electron chi connectivity index (χ4n) is 4.09. The Kier molecular flexibility index (Phi) is 8.96. The van der Waals surface area contributed by atoms with Crippen LogP contribution in [0.1, 0.15) is 26.2 Å². The molecule has 1 aliphatic carbocycles. The lowest BCUT2D eigenvalue weighted by Gasteiger charge is -2.49. The van der Waals surface area contributed by atoms with Crippen LogP contribution in [0.3, 0.4) is 0 Å². The number of nitrogens with zero attached hydrogens (tertiary/aromatic N) is 2. The zero-order valence-corrected chi connectivity index (χ0v) is 16.2. The number of likely N-dealkylation sites (tertiary alicyclic amines) is 1. The summed E-state index contributed by atoms with van der Waals surface area (Å²) in [6.07, 6.45) is 13.8. The molecule has 0 aromatic carbocycles. The number of piperidine rings is 1. The maximum Gasteiger partial charge on any atom is 0.130 e. The first-order chi connectivity index (χ1) is 10.7. The number of hydrogen-bond acceptors (Lipinski definition) is 4. The second kappa shape index (κ2) is 9.93. The van der Waals surface area contributed by atoms with Gasteiger partial charge in [0.1, 0.15) is 6.29 Å². The monoisotopic (exact) mass is 375 g/mol. The minimum absolute atomic E-state index is 0. The average molecular weight is 376 g/mol. The zero-order chi connectivity index (χ0) is 15.4. The van der Waals surface area contributed by atoms with Crippen LogP contribution in [-0.2, 0) is 4.79 Å². The summed E-state index contributed by atoms with van der Waals surface area (Å²) < 4.78 is 0. The van der Waals surface area contributed by atoms with E-state index >= 15 is 0 Å². The number of carbonyl (C=O) groups is 1. The molecule has 0 spiro atoms. The molecule has 1 N–H and O–H groups in total. The lowest BCUT2D eigenvalue weighted by Crippen LogP contribution is -2.63. The summed E-state index contributed by atoms with van der Waals surface area (Å²) in [5.74, 6) is -0.0484. The molecule has 0 saturated carbocycles. The average Bonchev–Trinajstić information content (AvgIpc) is 2.57. The summed E-state index contributed by atoms with van der Waals surface area (Å²) >= 11 is 0. The Labute approximate surface area is 158 Å². The topological polar surface area (TPSA) is 35.6 Å².